The molecule has 0 saturated carbocycles. The van der Waals surface area contributed by atoms with E-state index in [2.05, 4.69) is 55.3 Å². The van der Waals surface area contributed by atoms with Crippen LogP contribution in [-0.2, 0) is 12.0 Å². The molecule has 1 aromatic carbocycles. The zero-order valence-electron chi connectivity index (χ0n) is 13.1. The second-order valence-corrected chi connectivity index (χ2v) is 6.63. The van der Waals surface area contributed by atoms with E-state index in [1.54, 1.807) is 0 Å². The molecule has 114 valence electrons. The highest BCUT2D eigenvalue weighted by atomic mass is 32.1. The molecule has 1 N–H and O–H groups in total. The Morgan fingerprint density at radius 3 is 2.48 bits per heavy atom. The summed E-state index contributed by atoms with van der Waals surface area (Å²) in [7, 11) is 0. The van der Waals surface area contributed by atoms with Crippen LogP contribution in [0.25, 0.3) is 0 Å². The number of nitrogens with one attached hydrogen (secondary N) is 1. The molecule has 21 heavy (non-hydrogen) atoms. The zero-order valence-corrected chi connectivity index (χ0v) is 14.0. The van der Waals surface area contributed by atoms with Gasteiger partial charge in [-0.25, -0.2) is 0 Å². The lowest BCUT2D eigenvalue weighted by Crippen LogP contribution is -2.14. The first-order valence-electron chi connectivity index (χ1n) is 7.36. The highest BCUT2D eigenvalue weighted by molar-refractivity contribution is 7.13. The summed E-state index contributed by atoms with van der Waals surface area (Å²) in [6.45, 7) is 10.4. The fraction of sp³-hybridized carbons (Fsp3) is 0.500. The van der Waals surface area contributed by atoms with Gasteiger partial charge in [-0.05, 0) is 36.1 Å². The Kier molecular flexibility index (Phi) is 5.31. The van der Waals surface area contributed by atoms with Crippen LogP contribution in [0.4, 0.5) is 0 Å². The molecule has 1 aromatic heterocycles. The second kappa shape index (κ2) is 7.00. The predicted octanol–water partition coefficient (Wildman–Crippen LogP) is 4.13. The van der Waals surface area contributed by atoms with Crippen LogP contribution >= 0.6 is 11.3 Å². The Morgan fingerprint density at radius 1 is 1.14 bits per heavy atom. The normalized spacial score (nSPS) is 11.6. The van der Waals surface area contributed by atoms with Crippen molar-refractivity contribution in [3.8, 4) is 10.9 Å². The molecule has 2 rings (SSSR count). The van der Waals surface area contributed by atoms with Crippen LogP contribution in [0.5, 0.6) is 10.9 Å². The van der Waals surface area contributed by atoms with E-state index in [0.717, 1.165) is 30.3 Å². The Bertz CT molecular complexity index is 563. The van der Waals surface area contributed by atoms with Crippen LogP contribution in [0.3, 0.4) is 0 Å². The monoisotopic (exact) mass is 305 g/mol. The number of nitrogens with zero attached hydrogens (tertiary/aromatic N) is 2. The number of hydrogen-bond donors (Lipinski definition) is 1. The van der Waals surface area contributed by atoms with Gasteiger partial charge in [0.1, 0.15) is 10.8 Å². The van der Waals surface area contributed by atoms with Crippen molar-refractivity contribution in [2.45, 2.75) is 46.1 Å². The van der Waals surface area contributed by atoms with Crippen LogP contribution in [-0.4, -0.2) is 16.7 Å². The van der Waals surface area contributed by atoms with Crippen molar-refractivity contribution in [2.24, 2.45) is 0 Å². The van der Waals surface area contributed by atoms with E-state index < -0.39 is 0 Å². The van der Waals surface area contributed by atoms with Crippen LogP contribution in [0.1, 0.15) is 44.7 Å². The highest BCUT2D eigenvalue weighted by Gasteiger charge is 2.17. The van der Waals surface area contributed by atoms with Crippen molar-refractivity contribution in [1.29, 1.82) is 0 Å². The molecule has 0 saturated heterocycles. The van der Waals surface area contributed by atoms with Gasteiger partial charge < -0.3 is 10.1 Å². The van der Waals surface area contributed by atoms with Crippen molar-refractivity contribution >= 4 is 11.3 Å². The van der Waals surface area contributed by atoms with E-state index in [0.29, 0.717) is 5.19 Å². The van der Waals surface area contributed by atoms with Gasteiger partial charge in [-0.15, -0.1) is 5.10 Å². The average Bonchev–Trinajstić information content (AvgIpc) is 2.93. The first-order chi connectivity index (χ1) is 10.0. The molecule has 1 heterocycles. The van der Waals surface area contributed by atoms with E-state index >= 15 is 0 Å². The maximum Gasteiger partial charge on any atom is 0.299 e. The van der Waals surface area contributed by atoms with Gasteiger partial charge in [0.2, 0.25) is 0 Å². The molecule has 2 aromatic rings. The molecule has 0 bridgehead atoms. The molecule has 0 aliphatic carbocycles. The van der Waals surface area contributed by atoms with Gasteiger partial charge in [0.25, 0.3) is 5.19 Å². The van der Waals surface area contributed by atoms with E-state index in [9.17, 15) is 0 Å². The molecule has 0 radical (unpaired) electrons. The summed E-state index contributed by atoms with van der Waals surface area (Å²) < 4.78 is 5.76. The molecule has 0 amide bonds. The third kappa shape index (κ3) is 4.25. The number of hydrogen-bond acceptors (Lipinski definition) is 5. The smallest absolute Gasteiger partial charge is 0.299 e. The Labute approximate surface area is 130 Å². The number of rotatable bonds is 7. The van der Waals surface area contributed by atoms with Gasteiger partial charge in [0.05, 0.1) is 0 Å². The molecule has 0 aliphatic heterocycles. The number of benzene rings is 1. The number of ether oxygens (including phenoxy) is 1. The Morgan fingerprint density at radius 2 is 1.86 bits per heavy atom. The van der Waals surface area contributed by atoms with E-state index in [4.69, 9.17) is 4.74 Å². The maximum atomic E-state index is 5.76. The zero-order chi connectivity index (χ0) is 15.3. The van der Waals surface area contributed by atoms with Crippen LogP contribution in [0.2, 0.25) is 0 Å². The molecule has 0 fully saturated rings. The quantitative estimate of drug-likeness (QED) is 0.835. The molecular weight excluding hydrogens is 282 g/mol. The van der Waals surface area contributed by atoms with Gasteiger partial charge in [-0.3, -0.25) is 0 Å². The largest absolute Gasteiger partial charge is 0.430 e. The number of aromatic nitrogens is 2. The van der Waals surface area contributed by atoms with Gasteiger partial charge in [-0.2, -0.15) is 0 Å². The minimum absolute atomic E-state index is 0.195. The van der Waals surface area contributed by atoms with Crippen molar-refractivity contribution in [1.82, 2.24) is 15.5 Å². The maximum absolute atomic E-state index is 5.76. The summed E-state index contributed by atoms with van der Waals surface area (Å²) in [5, 5.41) is 12.9. The Hall–Kier alpha value is -1.46. The molecule has 5 heteroatoms. The molecule has 0 atom stereocenters. The molecule has 4 nitrogen and oxygen atoms in total. The van der Waals surface area contributed by atoms with E-state index in [1.165, 1.54) is 16.9 Å². The highest BCUT2D eigenvalue weighted by Crippen LogP contribution is 2.30. The fourth-order valence-corrected chi connectivity index (χ4v) is 2.54. The third-order valence-corrected chi connectivity index (χ3v) is 4.50. The van der Waals surface area contributed by atoms with Gasteiger partial charge in [0, 0.05) is 6.54 Å². The summed E-state index contributed by atoms with van der Waals surface area (Å²) >= 11 is 1.47. The summed E-state index contributed by atoms with van der Waals surface area (Å²) in [6, 6.07) is 8.25. The van der Waals surface area contributed by atoms with Gasteiger partial charge >= 0.3 is 0 Å². The van der Waals surface area contributed by atoms with Gasteiger partial charge in [-0.1, -0.05) is 56.3 Å². The lowest BCUT2D eigenvalue weighted by atomic mass is 9.82. The Balaban J connectivity index is 2.01. The first kappa shape index (κ1) is 15.9. The predicted molar refractivity (Wildman–Crippen MR) is 87.1 cm³/mol. The van der Waals surface area contributed by atoms with Crippen molar-refractivity contribution in [2.75, 3.05) is 6.54 Å². The summed E-state index contributed by atoms with van der Waals surface area (Å²) in [5.74, 6) is 0.803. The fourth-order valence-electron chi connectivity index (χ4n) is 1.86. The minimum atomic E-state index is 0.195. The SMILES string of the molecule is CCNCc1nnc(Oc2ccc(C(C)(C)CC)cc2)s1. The molecule has 0 unspecified atom stereocenters. The average molecular weight is 305 g/mol. The van der Waals surface area contributed by atoms with Crippen LogP contribution in [0.15, 0.2) is 24.3 Å². The lowest BCUT2D eigenvalue weighted by molar-refractivity contribution is 0.469. The van der Waals surface area contributed by atoms with E-state index in [-0.39, 0.29) is 5.41 Å². The van der Waals surface area contributed by atoms with Crippen molar-refractivity contribution in [3.63, 3.8) is 0 Å². The van der Waals surface area contributed by atoms with Crippen molar-refractivity contribution < 1.29 is 4.74 Å². The van der Waals surface area contributed by atoms with Crippen LogP contribution in [0, 0.1) is 0 Å². The molecule has 0 spiro atoms. The minimum Gasteiger partial charge on any atom is -0.430 e. The first-order valence-corrected chi connectivity index (χ1v) is 8.18. The standard InChI is InChI=1S/C16H23N3OS/c1-5-16(3,4)12-7-9-13(10-8-12)20-15-19-18-14(21-15)11-17-6-2/h7-10,17H,5-6,11H2,1-4H3. The molecular formula is C16H23N3OS. The van der Waals surface area contributed by atoms with Crippen molar-refractivity contribution in [3.05, 3.63) is 34.8 Å². The third-order valence-electron chi connectivity index (χ3n) is 3.70. The lowest BCUT2D eigenvalue weighted by Gasteiger charge is -2.23. The summed E-state index contributed by atoms with van der Waals surface area (Å²) in [5.41, 5.74) is 1.52. The second-order valence-electron chi connectivity index (χ2n) is 5.61. The van der Waals surface area contributed by atoms with Crippen LogP contribution < -0.4 is 10.1 Å². The summed E-state index contributed by atoms with van der Waals surface area (Å²) in [4.78, 5) is 0. The molecule has 0 aliphatic rings. The summed E-state index contributed by atoms with van der Waals surface area (Å²) in [6.07, 6.45) is 1.11. The van der Waals surface area contributed by atoms with E-state index in [1.807, 2.05) is 12.1 Å². The topological polar surface area (TPSA) is 47.0 Å². The van der Waals surface area contributed by atoms with Gasteiger partial charge in [0.15, 0.2) is 0 Å².